The molecule has 0 aliphatic carbocycles. The van der Waals surface area contributed by atoms with E-state index in [0.717, 1.165) is 0 Å². The van der Waals surface area contributed by atoms with Crippen molar-refractivity contribution in [1.82, 2.24) is 15.0 Å². The Morgan fingerprint density at radius 1 is 1.53 bits per heavy atom. The van der Waals surface area contributed by atoms with E-state index >= 15 is 0 Å². The van der Waals surface area contributed by atoms with Crippen LogP contribution in [-0.4, -0.2) is 39.8 Å². The summed E-state index contributed by atoms with van der Waals surface area (Å²) in [6.45, 7) is 2.51. The third-order valence-electron chi connectivity index (χ3n) is 2.61. The van der Waals surface area contributed by atoms with Gasteiger partial charge in [0, 0.05) is 6.04 Å². The van der Waals surface area contributed by atoms with Gasteiger partial charge in [-0.25, -0.2) is 0 Å². The number of nitrogens with zero attached hydrogens (tertiary/aromatic N) is 3. The van der Waals surface area contributed by atoms with E-state index in [9.17, 15) is 0 Å². The van der Waals surface area contributed by atoms with Crippen molar-refractivity contribution < 1.29 is 14.0 Å². The lowest BCUT2D eigenvalue weighted by Gasteiger charge is -2.20. The van der Waals surface area contributed by atoms with Gasteiger partial charge in [0.2, 0.25) is 11.7 Å². The number of rotatable bonds is 5. The second-order valence-electron chi connectivity index (χ2n) is 3.94. The molecule has 17 heavy (non-hydrogen) atoms. The Labute approximate surface area is 98.8 Å². The fourth-order valence-corrected chi connectivity index (χ4v) is 1.33. The van der Waals surface area contributed by atoms with Gasteiger partial charge >= 0.3 is 0 Å². The molecule has 0 aliphatic heterocycles. The van der Waals surface area contributed by atoms with Gasteiger partial charge in [0.05, 0.1) is 19.4 Å². The minimum Gasteiger partial charge on any atom is -0.461 e. The number of hydrogen-bond donors (Lipinski definition) is 1. The Hall–Kier alpha value is -1.66. The number of furan rings is 1. The summed E-state index contributed by atoms with van der Waals surface area (Å²) in [5.41, 5.74) is 0. The molecule has 2 aromatic rings. The van der Waals surface area contributed by atoms with E-state index < -0.39 is 0 Å². The van der Waals surface area contributed by atoms with Crippen LogP contribution in [0.3, 0.4) is 0 Å². The molecule has 2 aromatic heterocycles. The normalized spacial score (nSPS) is 13.2. The summed E-state index contributed by atoms with van der Waals surface area (Å²) in [5, 5.41) is 12.8. The van der Waals surface area contributed by atoms with Gasteiger partial charge in [0.25, 0.3) is 0 Å². The lowest BCUT2D eigenvalue weighted by molar-refractivity contribution is 0.142. The standard InChI is InChI=1S/C11H15N3O3/c1-8(7-15)14(2)6-10-12-11(13-17-10)9-4-3-5-16-9/h3-5,8,15H,6-7H2,1-2H3. The first kappa shape index (κ1) is 11.8. The van der Waals surface area contributed by atoms with Crippen LogP contribution in [0.25, 0.3) is 11.6 Å². The molecule has 0 saturated heterocycles. The van der Waals surface area contributed by atoms with E-state index in [4.69, 9.17) is 14.0 Å². The van der Waals surface area contributed by atoms with Crippen molar-refractivity contribution in [1.29, 1.82) is 0 Å². The molecule has 6 nitrogen and oxygen atoms in total. The third-order valence-corrected chi connectivity index (χ3v) is 2.61. The van der Waals surface area contributed by atoms with Gasteiger partial charge in [-0.2, -0.15) is 4.98 Å². The molecule has 0 saturated carbocycles. The van der Waals surface area contributed by atoms with E-state index in [0.29, 0.717) is 24.0 Å². The van der Waals surface area contributed by atoms with Gasteiger partial charge < -0.3 is 14.0 Å². The molecule has 92 valence electrons. The van der Waals surface area contributed by atoms with Crippen molar-refractivity contribution in [3.8, 4) is 11.6 Å². The van der Waals surface area contributed by atoms with Crippen molar-refractivity contribution in [2.24, 2.45) is 0 Å². The van der Waals surface area contributed by atoms with Crippen molar-refractivity contribution in [3.63, 3.8) is 0 Å². The summed E-state index contributed by atoms with van der Waals surface area (Å²) < 4.78 is 10.3. The maximum atomic E-state index is 9.02. The minimum atomic E-state index is 0.0500. The van der Waals surface area contributed by atoms with Crippen LogP contribution >= 0.6 is 0 Å². The summed E-state index contributed by atoms with van der Waals surface area (Å²) in [6.07, 6.45) is 1.56. The highest BCUT2D eigenvalue weighted by Crippen LogP contribution is 2.16. The predicted molar refractivity (Wildman–Crippen MR) is 60.0 cm³/mol. The average molecular weight is 237 g/mol. The third kappa shape index (κ3) is 2.72. The molecular formula is C11H15N3O3. The summed E-state index contributed by atoms with van der Waals surface area (Å²) in [4.78, 5) is 6.14. The van der Waals surface area contributed by atoms with E-state index in [2.05, 4.69) is 10.1 Å². The highest BCUT2D eigenvalue weighted by Gasteiger charge is 2.14. The fraction of sp³-hybridized carbons (Fsp3) is 0.455. The molecule has 1 N–H and O–H groups in total. The van der Waals surface area contributed by atoms with Crippen molar-refractivity contribution in [2.75, 3.05) is 13.7 Å². The predicted octanol–water partition coefficient (Wildman–Crippen LogP) is 1.14. The summed E-state index contributed by atoms with van der Waals surface area (Å²) in [7, 11) is 1.89. The molecule has 0 bridgehead atoms. The quantitative estimate of drug-likeness (QED) is 0.840. The molecule has 0 aromatic carbocycles. The molecule has 1 unspecified atom stereocenters. The Balaban J connectivity index is 2.04. The van der Waals surface area contributed by atoms with Crippen molar-refractivity contribution in [2.45, 2.75) is 19.5 Å². The topological polar surface area (TPSA) is 75.5 Å². The number of aliphatic hydroxyl groups is 1. The zero-order chi connectivity index (χ0) is 12.3. The molecule has 0 fully saturated rings. The Morgan fingerprint density at radius 3 is 3.00 bits per heavy atom. The van der Waals surface area contributed by atoms with E-state index in [1.165, 1.54) is 0 Å². The first-order chi connectivity index (χ1) is 8.20. The Bertz CT molecular complexity index is 452. The van der Waals surface area contributed by atoms with Gasteiger partial charge in [-0.3, -0.25) is 4.90 Å². The van der Waals surface area contributed by atoms with E-state index in [-0.39, 0.29) is 12.6 Å². The minimum absolute atomic E-state index is 0.0500. The molecular weight excluding hydrogens is 222 g/mol. The summed E-state index contributed by atoms with van der Waals surface area (Å²) >= 11 is 0. The van der Waals surface area contributed by atoms with Crippen LogP contribution in [0.15, 0.2) is 27.3 Å². The lowest BCUT2D eigenvalue weighted by atomic mass is 10.3. The van der Waals surface area contributed by atoms with Gasteiger partial charge in [0.1, 0.15) is 0 Å². The summed E-state index contributed by atoms with van der Waals surface area (Å²) in [5.74, 6) is 1.52. The van der Waals surface area contributed by atoms with Crippen molar-refractivity contribution in [3.05, 3.63) is 24.3 Å². The van der Waals surface area contributed by atoms with Crippen LogP contribution in [0.2, 0.25) is 0 Å². The van der Waals surface area contributed by atoms with Crippen molar-refractivity contribution >= 4 is 0 Å². The van der Waals surface area contributed by atoms with Crippen LogP contribution in [0.1, 0.15) is 12.8 Å². The molecule has 6 heteroatoms. The fourth-order valence-electron chi connectivity index (χ4n) is 1.33. The second kappa shape index (κ2) is 5.11. The van der Waals surface area contributed by atoms with Gasteiger partial charge in [-0.15, -0.1) is 0 Å². The number of aliphatic hydroxyl groups excluding tert-OH is 1. The Kier molecular flexibility index (Phi) is 3.55. The monoisotopic (exact) mass is 237 g/mol. The SMILES string of the molecule is CC(CO)N(C)Cc1nc(-c2ccco2)no1. The molecule has 0 radical (unpaired) electrons. The smallest absolute Gasteiger partial charge is 0.241 e. The van der Waals surface area contributed by atoms with Gasteiger partial charge in [-0.1, -0.05) is 5.16 Å². The van der Waals surface area contributed by atoms with Crippen LogP contribution in [0.5, 0.6) is 0 Å². The molecule has 0 aliphatic rings. The maximum absolute atomic E-state index is 9.02. The first-order valence-corrected chi connectivity index (χ1v) is 5.38. The largest absolute Gasteiger partial charge is 0.461 e. The number of likely N-dealkylation sites (N-methyl/N-ethyl adjacent to an activating group) is 1. The lowest BCUT2D eigenvalue weighted by Crippen LogP contribution is -2.31. The van der Waals surface area contributed by atoms with E-state index in [1.807, 2.05) is 18.9 Å². The number of aromatic nitrogens is 2. The average Bonchev–Trinajstić information content (AvgIpc) is 2.97. The number of hydrogen-bond acceptors (Lipinski definition) is 6. The zero-order valence-corrected chi connectivity index (χ0v) is 9.83. The van der Waals surface area contributed by atoms with Crippen LogP contribution < -0.4 is 0 Å². The summed E-state index contributed by atoms with van der Waals surface area (Å²) in [6, 6.07) is 3.59. The highest BCUT2D eigenvalue weighted by molar-refractivity contribution is 5.44. The maximum Gasteiger partial charge on any atom is 0.241 e. The molecule has 1 atom stereocenters. The molecule has 2 heterocycles. The van der Waals surface area contributed by atoms with Crippen LogP contribution in [0.4, 0.5) is 0 Å². The molecule has 0 amide bonds. The highest BCUT2D eigenvalue weighted by atomic mass is 16.5. The Morgan fingerprint density at radius 2 is 2.35 bits per heavy atom. The van der Waals surface area contributed by atoms with E-state index in [1.54, 1.807) is 18.4 Å². The van der Waals surface area contributed by atoms with Gasteiger partial charge in [-0.05, 0) is 26.1 Å². The first-order valence-electron chi connectivity index (χ1n) is 5.38. The zero-order valence-electron chi connectivity index (χ0n) is 9.83. The second-order valence-corrected chi connectivity index (χ2v) is 3.94. The van der Waals surface area contributed by atoms with Crippen LogP contribution in [0, 0.1) is 0 Å². The van der Waals surface area contributed by atoms with Crippen LogP contribution in [-0.2, 0) is 6.54 Å². The molecule has 2 rings (SSSR count). The van der Waals surface area contributed by atoms with Gasteiger partial charge in [0.15, 0.2) is 5.76 Å². The molecule has 0 spiro atoms.